The van der Waals surface area contributed by atoms with E-state index in [0.717, 1.165) is 6.42 Å². The predicted molar refractivity (Wildman–Crippen MR) is 61.3 cm³/mol. The number of H-pyrrole nitrogens is 1. The molecule has 7 heteroatoms. The molecule has 1 aromatic heterocycles. The molecule has 0 aromatic carbocycles. The first-order valence-electron chi connectivity index (χ1n) is 5.32. The quantitative estimate of drug-likeness (QED) is 0.716. The van der Waals surface area contributed by atoms with E-state index in [0.29, 0.717) is 26.1 Å². The van der Waals surface area contributed by atoms with Crippen LogP contribution in [0.1, 0.15) is 19.8 Å². The average Bonchev–Trinajstić information content (AvgIpc) is 2.77. The van der Waals surface area contributed by atoms with Gasteiger partial charge in [0.05, 0.1) is 6.20 Å². The van der Waals surface area contributed by atoms with E-state index < -0.39 is 10.0 Å². The average molecular weight is 246 g/mol. The minimum Gasteiger partial charge on any atom is -0.330 e. The fraction of sp³-hybridized carbons (Fsp3) is 0.667. The monoisotopic (exact) mass is 246 g/mol. The lowest BCUT2D eigenvalue weighted by Gasteiger charge is -2.20. The Balaban J connectivity index is 2.84. The van der Waals surface area contributed by atoms with Crippen LogP contribution in [0, 0.1) is 0 Å². The van der Waals surface area contributed by atoms with E-state index in [2.05, 4.69) is 10.2 Å². The van der Waals surface area contributed by atoms with Crippen LogP contribution in [0.5, 0.6) is 0 Å². The van der Waals surface area contributed by atoms with Crippen LogP contribution in [-0.2, 0) is 10.0 Å². The van der Waals surface area contributed by atoms with Gasteiger partial charge in [-0.2, -0.15) is 9.40 Å². The van der Waals surface area contributed by atoms with Crippen molar-refractivity contribution in [2.24, 2.45) is 5.73 Å². The van der Waals surface area contributed by atoms with Crippen LogP contribution in [0.2, 0.25) is 0 Å². The van der Waals surface area contributed by atoms with Crippen molar-refractivity contribution in [3.8, 4) is 0 Å². The number of nitrogens with one attached hydrogen (secondary N) is 1. The summed E-state index contributed by atoms with van der Waals surface area (Å²) in [6.45, 7) is 3.38. The van der Waals surface area contributed by atoms with Gasteiger partial charge in [-0.1, -0.05) is 6.92 Å². The highest BCUT2D eigenvalue weighted by molar-refractivity contribution is 7.89. The molecule has 0 amide bonds. The molecule has 0 aliphatic rings. The molecular weight excluding hydrogens is 228 g/mol. The van der Waals surface area contributed by atoms with Gasteiger partial charge in [0.25, 0.3) is 10.0 Å². The van der Waals surface area contributed by atoms with Crippen molar-refractivity contribution in [3.63, 3.8) is 0 Å². The molecule has 0 atom stereocenters. The third-order valence-corrected chi connectivity index (χ3v) is 4.01. The smallest absolute Gasteiger partial charge is 0.259 e. The molecule has 0 unspecified atom stereocenters. The summed E-state index contributed by atoms with van der Waals surface area (Å²) in [5.74, 6) is 0. The fourth-order valence-electron chi connectivity index (χ4n) is 1.40. The van der Waals surface area contributed by atoms with Crippen LogP contribution in [-0.4, -0.2) is 42.6 Å². The Morgan fingerprint density at radius 2 is 2.25 bits per heavy atom. The summed E-state index contributed by atoms with van der Waals surface area (Å²) in [4.78, 5) is 0. The number of aromatic nitrogens is 2. The van der Waals surface area contributed by atoms with Crippen molar-refractivity contribution in [1.82, 2.24) is 14.5 Å². The van der Waals surface area contributed by atoms with Gasteiger partial charge in [0.2, 0.25) is 0 Å². The Morgan fingerprint density at radius 3 is 2.75 bits per heavy atom. The third-order valence-electron chi connectivity index (χ3n) is 2.18. The number of hydrogen-bond donors (Lipinski definition) is 2. The zero-order chi connectivity index (χ0) is 12.0. The Hall–Kier alpha value is -0.920. The van der Waals surface area contributed by atoms with Gasteiger partial charge in [0.1, 0.15) is 0 Å². The third kappa shape index (κ3) is 3.03. The fourth-order valence-corrected chi connectivity index (χ4v) is 2.87. The van der Waals surface area contributed by atoms with Gasteiger partial charge >= 0.3 is 0 Å². The van der Waals surface area contributed by atoms with Crippen LogP contribution in [0.15, 0.2) is 17.3 Å². The zero-order valence-electron chi connectivity index (χ0n) is 9.39. The summed E-state index contributed by atoms with van der Waals surface area (Å²) in [6, 6.07) is 1.46. The number of rotatable bonds is 7. The topological polar surface area (TPSA) is 92.1 Å². The second-order valence-electron chi connectivity index (χ2n) is 3.47. The van der Waals surface area contributed by atoms with Crippen LogP contribution in [0.3, 0.4) is 0 Å². The predicted octanol–water partition coefficient (Wildman–Crippen LogP) is 0.159. The maximum atomic E-state index is 12.1. The molecule has 0 saturated heterocycles. The molecule has 0 saturated carbocycles. The van der Waals surface area contributed by atoms with E-state index in [4.69, 9.17) is 5.73 Å². The SMILES string of the molecule is CCCN(CCCN)S(=O)(=O)c1ccn[nH]1. The van der Waals surface area contributed by atoms with E-state index >= 15 is 0 Å². The van der Waals surface area contributed by atoms with Gasteiger partial charge in [-0.3, -0.25) is 5.10 Å². The highest BCUT2D eigenvalue weighted by Gasteiger charge is 2.24. The number of nitrogens with zero attached hydrogens (tertiary/aromatic N) is 2. The molecule has 6 nitrogen and oxygen atoms in total. The highest BCUT2D eigenvalue weighted by Crippen LogP contribution is 2.12. The van der Waals surface area contributed by atoms with Crippen molar-refractivity contribution in [3.05, 3.63) is 12.3 Å². The van der Waals surface area contributed by atoms with Crippen molar-refractivity contribution in [2.75, 3.05) is 19.6 Å². The summed E-state index contributed by atoms with van der Waals surface area (Å²) in [6.07, 6.45) is 2.87. The summed E-state index contributed by atoms with van der Waals surface area (Å²) in [7, 11) is -3.43. The van der Waals surface area contributed by atoms with Crippen LogP contribution in [0.4, 0.5) is 0 Å². The van der Waals surface area contributed by atoms with Gasteiger partial charge in [0, 0.05) is 13.1 Å². The Bertz CT molecular complexity index is 388. The normalized spacial score (nSPS) is 12.2. The molecule has 92 valence electrons. The van der Waals surface area contributed by atoms with Crippen molar-refractivity contribution in [2.45, 2.75) is 24.8 Å². The number of hydrogen-bond acceptors (Lipinski definition) is 4. The molecule has 0 radical (unpaired) electrons. The van der Waals surface area contributed by atoms with E-state index in [9.17, 15) is 8.42 Å². The Labute approximate surface area is 95.9 Å². The van der Waals surface area contributed by atoms with Gasteiger partial charge in [-0.05, 0) is 25.5 Å². The number of nitrogens with two attached hydrogens (primary N) is 1. The van der Waals surface area contributed by atoms with Gasteiger partial charge < -0.3 is 5.73 Å². The first-order valence-corrected chi connectivity index (χ1v) is 6.76. The number of sulfonamides is 1. The van der Waals surface area contributed by atoms with Crippen molar-refractivity contribution in [1.29, 1.82) is 0 Å². The van der Waals surface area contributed by atoms with Crippen LogP contribution in [0.25, 0.3) is 0 Å². The van der Waals surface area contributed by atoms with Crippen molar-refractivity contribution < 1.29 is 8.42 Å². The summed E-state index contributed by atoms with van der Waals surface area (Å²) < 4.78 is 25.6. The number of aromatic amines is 1. The Morgan fingerprint density at radius 1 is 1.50 bits per heavy atom. The van der Waals surface area contributed by atoms with E-state index in [1.807, 2.05) is 6.92 Å². The molecule has 0 spiro atoms. The largest absolute Gasteiger partial charge is 0.330 e. The highest BCUT2D eigenvalue weighted by atomic mass is 32.2. The molecule has 1 heterocycles. The molecule has 1 rings (SSSR count). The minimum absolute atomic E-state index is 0.137. The van der Waals surface area contributed by atoms with E-state index in [1.54, 1.807) is 0 Å². The van der Waals surface area contributed by atoms with Crippen LogP contribution < -0.4 is 5.73 Å². The second-order valence-corrected chi connectivity index (χ2v) is 5.37. The van der Waals surface area contributed by atoms with Gasteiger partial charge in [-0.15, -0.1) is 0 Å². The maximum Gasteiger partial charge on any atom is 0.259 e. The first kappa shape index (κ1) is 13.1. The summed E-state index contributed by atoms with van der Waals surface area (Å²) in [5.41, 5.74) is 5.39. The second kappa shape index (κ2) is 5.97. The van der Waals surface area contributed by atoms with E-state index in [1.165, 1.54) is 16.6 Å². The van der Waals surface area contributed by atoms with Gasteiger partial charge in [0.15, 0.2) is 5.03 Å². The van der Waals surface area contributed by atoms with Crippen LogP contribution >= 0.6 is 0 Å². The summed E-state index contributed by atoms with van der Waals surface area (Å²) >= 11 is 0. The molecule has 0 aliphatic carbocycles. The van der Waals surface area contributed by atoms with E-state index in [-0.39, 0.29) is 5.03 Å². The Kier molecular flexibility index (Phi) is 4.91. The minimum atomic E-state index is -3.43. The lowest BCUT2D eigenvalue weighted by atomic mass is 10.4. The molecule has 0 bridgehead atoms. The van der Waals surface area contributed by atoms with Crippen molar-refractivity contribution >= 4 is 10.0 Å². The molecular formula is C9H18N4O2S. The first-order chi connectivity index (χ1) is 7.62. The lowest BCUT2D eigenvalue weighted by Crippen LogP contribution is -2.34. The molecule has 0 fully saturated rings. The zero-order valence-corrected chi connectivity index (χ0v) is 10.2. The maximum absolute atomic E-state index is 12.1. The standard InChI is InChI=1S/C9H18N4O2S/c1-2-7-13(8-3-5-10)16(14,15)9-4-6-11-12-9/h4,6H,2-3,5,7-8,10H2,1H3,(H,11,12). The molecule has 16 heavy (non-hydrogen) atoms. The lowest BCUT2D eigenvalue weighted by molar-refractivity contribution is 0.404. The summed E-state index contributed by atoms with van der Waals surface area (Å²) in [5, 5.41) is 6.27. The molecule has 3 N–H and O–H groups in total. The molecule has 1 aromatic rings. The molecule has 0 aliphatic heterocycles. The van der Waals surface area contributed by atoms with Gasteiger partial charge in [-0.25, -0.2) is 8.42 Å².